The highest BCUT2D eigenvalue weighted by Gasteiger charge is 2.53. The highest BCUT2D eigenvalue weighted by Crippen LogP contribution is 2.45. The first-order valence-electron chi connectivity index (χ1n) is 14.5. The molecule has 7 heteroatoms. The Morgan fingerprint density at radius 1 is 0.927 bits per heavy atom. The highest BCUT2D eigenvalue weighted by molar-refractivity contribution is 6.24. The summed E-state index contributed by atoms with van der Waals surface area (Å²) in [6.45, 7) is 0.521. The average Bonchev–Trinajstić information content (AvgIpc) is 3.51. The van der Waals surface area contributed by atoms with Gasteiger partial charge in [-0.2, -0.15) is 0 Å². The monoisotopic (exact) mass is 544 g/mol. The van der Waals surface area contributed by atoms with Gasteiger partial charge in [-0.15, -0.1) is 0 Å². The molecule has 1 aromatic heterocycles. The van der Waals surface area contributed by atoms with Crippen molar-refractivity contribution in [2.75, 3.05) is 11.4 Å². The lowest BCUT2D eigenvalue weighted by Gasteiger charge is -2.36. The summed E-state index contributed by atoms with van der Waals surface area (Å²) in [5.74, 6) is -0.585. The summed E-state index contributed by atoms with van der Waals surface area (Å²) >= 11 is 0. The smallest absolute Gasteiger partial charge is 0.332 e. The zero-order valence-electron chi connectivity index (χ0n) is 22.8. The summed E-state index contributed by atoms with van der Waals surface area (Å²) in [6, 6.07) is 23.3. The Bertz CT molecular complexity index is 1690. The van der Waals surface area contributed by atoms with Gasteiger partial charge in [0.15, 0.2) is 0 Å². The van der Waals surface area contributed by atoms with E-state index in [0.717, 1.165) is 47.0 Å². The molecule has 0 spiro atoms. The van der Waals surface area contributed by atoms with Gasteiger partial charge in [0.25, 0.3) is 11.8 Å². The lowest BCUT2D eigenvalue weighted by molar-refractivity contribution is -0.120. The first-order valence-corrected chi connectivity index (χ1v) is 14.5. The third-order valence-electron chi connectivity index (χ3n) is 8.67. The van der Waals surface area contributed by atoms with Gasteiger partial charge in [-0.1, -0.05) is 72.3 Å². The van der Waals surface area contributed by atoms with E-state index in [1.807, 2.05) is 48.5 Å². The van der Waals surface area contributed by atoms with Crippen molar-refractivity contribution in [2.45, 2.75) is 50.6 Å². The van der Waals surface area contributed by atoms with Gasteiger partial charge < -0.3 is 10.3 Å². The molecule has 1 saturated heterocycles. The van der Waals surface area contributed by atoms with Crippen molar-refractivity contribution in [3.63, 3.8) is 0 Å². The molecule has 3 aromatic carbocycles. The molecule has 0 unspecified atom stereocenters. The van der Waals surface area contributed by atoms with Gasteiger partial charge in [-0.05, 0) is 61.4 Å². The van der Waals surface area contributed by atoms with Gasteiger partial charge >= 0.3 is 6.03 Å². The number of aromatic amines is 1. The number of H-pyrrole nitrogens is 1. The van der Waals surface area contributed by atoms with Crippen molar-refractivity contribution in [2.24, 2.45) is 0 Å². The molecule has 4 amide bonds. The summed E-state index contributed by atoms with van der Waals surface area (Å²) in [4.78, 5) is 48.2. The predicted molar refractivity (Wildman–Crippen MR) is 159 cm³/mol. The Balaban J connectivity index is 1.23. The number of nitrogens with zero attached hydrogens (tertiary/aromatic N) is 2. The van der Waals surface area contributed by atoms with E-state index >= 15 is 0 Å². The van der Waals surface area contributed by atoms with E-state index in [1.165, 1.54) is 23.3 Å². The van der Waals surface area contributed by atoms with Crippen LogP contribution in [0.25, 0.3) is 10.9 Å². The van der Waals surface area contributed by atoms with Crippen LogP contribution in [-0.4, -0.2) is 40.3 Å². The number of para-hydroxylation sites is 2. The van der Waals surface area contributed by atoms with Crippen molar-refractivity contribution < 1.29 is 14.4 Å². The summed E-state index contributed by atoms with van der Waals surface area (Å²) in [5, 5.41) is 4.08. The lowest BCUT2D eigenvalue weighted by atomic mass is 9.89. The van der Waals surface area contributed by atoms with Gasteiger partial charge in [-0.25, -0.2) is 9.69 Å². The minimum atomic E-state index is -0.672. The Morgan fingerprint density at radius 3 is 2.54 bits per heavy atom. The quantitative estimate of drug-likeness (QED) is 0.222. The molecule has 0 radical (unpaired) electrons. The summed E-state index contributed by atoms with van der Waals surface area (Å²) in [5.41, 5.74) is 5.94. The van der Waals surface area contributed by atoms with Crippen LogP contribution in [0.3, 0.4) is 0 Å². The summed E-state index contributed by atoms with van der Waals surface area (Å²) < 4.78 is 0. The van der Waals surface area contributed by atoms with Crippen LogP contribution in [0, 0.1) is 0 Å². The van der Waals surface area contributed by atoms with Crippen LogP contribution in [0.5, 0.6) is 0 Å². The van der Waals surface area contributed by atoms with Crippen molar-refractivity contribution >= 4 is 34.4 Å². The average molecular weight is 545 g/mol. The fourth-order valence-corrected chi connectivity index (χ4v) is 6.70. The molecule has 3 aliphatic rings. The molecule has 3 heterocycles. The third kappa shape index (κ3) is 4.32. The van der Waals surface area contributed by atoms with Gasteiger partial charge in [-0.3, -0.25) is 14.5 Å². The van der Waals surface area contributed by atoms with Gasteiger partial charge in [0.1, 0.15) is 12.1 Å². The van der Waals surface area contributed by atoms with Gasteiger partial charge in [0.05, 0.1) is 11.3 Å². The molecule has 1 fully saturated rings. The fourth-order valence-electron chi connectivity index (χ4n) is 6.70. The number of nitrogens with one attached hydrogen (secondary N) is 2. The van der Waals surface area contributed by atoms with Crippen LogP contribution in [0.2, 0.25) is 0 Å². The first kappa shape index (κ1) is 25.3. The van der Waals surface area contributed by atoms with E-state index < -0.39 is 18.1 Å². The number of urea groups is 1. The standard InChI is InChI=1S/C34H32N4O3/c39-32(35-20-19-22-11-3-1-4-12-22)25-16-8-10-18-28(25)38-33(40)29-21-26-24-15-7-9-17-27(24)36-30(26)31(37(29)34(38)41)23-13-5-2-6-14-23/h2,5-11,13-18,29,31,36H,1,3-4,12,19-21H2,(H,35,39)/t29-,31-/m0/s1. The molecule has 7 rings (SSSR count). The zero-order valence-corrected chi connectivity index (χ0v) is 22.8. The minimum Gasteiger partial charge on any atom is -0.356 e. The second-order valence-corrected chi connectivity index (χ2v) is 11.1. The maximum atomic E-state index is 14.2. The van der Waals surface area contributed by atoms with Crippen LogP contribution in [0.1, 0.15) is 65.3 Å². The van der Waals surface area contributed by atoms with Gasteiger partial charge in [0, 0.05) is 29.6 Å². The molecular weight excluding hydrogens is 512 g/mol. The number of fused-ring (bicyclic) bond motifs is 4. The zero-order chi connectivity index (χ0) is 27.9. The molecule has 0 bridgehead atoms. The number of rotatable bonds is 6. The summed E-state index contributed by atoms with van der Waals surface area (Å²) in [7, 11) is 0. The van der Waals surface area contributed by atoms with E-state index in [4.69, 9.17) is 0 Å². The van der Waals surface area contributed by atoms with E-state index in [-0.39, 0.29) is 11.8 Å². The van der Waals surface area contributed by atoms with Crippen molar-refractivity contribution in [1.82, 2.24) is 15.2 Å². The van der Waals surface area contributed by atoms with Gasteiger partial charge in [0.2, 0.25) is 0 Å². The molecule has 4 aromatic rings. The van der Waals surface area contributed by atoms with Crippen LogP contribution in [-0.2, 0) is 11.2 Å². The SMILES string of the molecule is O=C(NCCC1=CCCCC1)c1ccccc1N1C(=O)[C@@H]2Cc3c([nH]c4ccccc34)[C@H](c3ccccc3)N2C1=O. The molecular formula is C34H32N4O3. The Hall–Kier alpha value is -4.65. The molecule has 206 valence electrons. The van der Waals surface area contributed by atoms with E-state index in [9.17, 15) is 14.4 Å². The number of benzene rings is 3. The number of carbonyl (C=O) groups excluding carboxylic acids is 3. The van der Waals surface area contributed by atoms with Crippen LogP contribution in [0.15, 0.2) is 90.5 Å². The Labute approximate surface area is 238 Å². The number of imide groups is 1. The second kappa shape index (κ2) is 10.4. The topological polar surface area (TPSA) is 85.5 Å². The number of aromatic nitrogens is 1. The van der Waals surface area contributed by atoms with Crippen LogP contribution >= 0.6 is 0 Å². The number of allylic oxidation sites excluding steroid dienone is 1. The first-order chi connectivity index (χ1) is 20.1. The molecule has 1 aliphatic carbocycles. The number of carbonyl (C=O) groups is 3. The molecule has 2 atom stereocenters. The fraction of sp³-hybridized carbons (Fsp3) is 0.265. The molecule has 2 N–H and O–H groups in total. The van der Waals surface area contributed by atoms with Crippen LogP contribution < -0.4 is 10.2 Å². The van der Waals surface area contributed by atoms with Crippen molar-refractivity contribution in [3.8, 4) is 0 Å². The number of amides is 4. The third-order valence-corrected chi connectivity index (χ3v) is 8.67. The number of anilines is 1. The summed E-state index contributed by atoms with van der Waals surface area (Å²) in [6.07, 6.45) is 8.12. The minimum absolute atomic E-state index is 0.279. The Morgan fingerprint density at radius 2 is 1.71 bits per heavy atom. The highest BCUT2D eigenvalue weighted by atomic mass is 16.2. The number of hydrogen-bond acceptors (Lipinski definition) is 3. The molecule has 2 aliphatic heterocycles. The Kier molecular flexibility index (Phi) is 6.42. The lowest BCUT2D eigenvalue weighted by Crippen LogP contribution is -2.44. The number of hydrogen-bond donors (Lipinski definition) is 2. The maximum absolute atomic E-state index is 14.2. The van der Waals surface area contributed by atoms with Crippen molar-refractivity contribution in [1.29, 1.82) is 0 Å². The van der Waals surface area contributed by atoms with Crippen molar-refractivity contribution in [3.05, 3.63) is 113 Å². The maximum Gasteiger partial charge on any atom is 0.332 e. The second-order valence-electron chi connectivity index (χ2n) is 11.1. The van der Waals surface area contributed by atoms with Crippen LogP contribution in [0.4, 0.5) is 10.5 Å². The van der Waals surface area contributed by atoms with E-state index in [2.05, 4.69) is 22.4 Å². The molecule has 41 heavy (non-hydrogen) atoms. The predicted octanol–water partition coefficient (Wildman–Crippen LogP) is 6.27. The molecule has 0 saturated carbocycles. The van der Waals surface area contributed by atoms with E-state index in [0.29, 0.717) is 24.2 Å². The molecule has 7 nitrogen and oxygen atoms in total. The largest absolute Gasteiger partial charge is 0.356 e. The van der Waals surface area contributed by atoms with E-state index in [1.54, 1.807) is 29.2 Å². The normalized spacial score (nSPS) is 20.1.